The summed E-state index contributed by atoms with van der Waals surface area (Å²) in [6, 6.07) is 0. The second-order valence-electron chi connectivity index (χ2n) is 5.30. The van der Waals surface area contributed by atoms with Crippen molar-refractivity contribution in [3.8, 4) is 0 Å². The zero-order chi connectivity index (χ0) is 13.8. The fourth-order valence-corrected chi connectivity index (χ4v) is 2.03. The average molecular weight is 298 g/mol. The molecule has 0 amide bonds. The van der Waals surface area contributed by atoms with Gasteiger partial charge in [-0.05, 0) is 19.8 Å². The Bertz CT molecular complexity index is 529. The molecule has 0 fully saturated rings. The molecule has 6 heteroatoms. The Morgan fingerprint density at radius 3 is 2.60 bits per heavy atom. The Balaban J connectivity index is 0.00000200. The number of hydrogen-bond donors (Lipinski definition) is 1. The molecule has 0 spiro atoms. The van der Waals surface area contributed by atoms with Gasteiger partial charge in [-0.15, -0.1) is 12.4 Å². The van der Waals surface area contributed by atoms with E-state index in [-0.39, 0.29) is 12.4 Å². The van der Waals surface area contributed by atoms with Crippen LogP contribution in [-0.4, -0.2) is 19.6 Å². The van der Waals surface area contributed by atoms with Crippen molar-refractivity contribution < 1.29 is 0 Å². The van der Waals surface area contributed by atoms with E-state index in [1.165, 1.54) is 5.56 Å². The second kappa shape index (κ2) is 7.33. The van der Waals surface area contributed by atoms with Crippen molar-refractivity contribution in [2.75, 3.05) is 5.32 Å². The van der Waals surface area contributed by atoms with Gasteiger partial charge in [0, 0.05) is 37.6 Å². The van der Waals surface area contributed by atoms with Crippen molar-refractivity contribution in [1.29, 1.82) is 0 Å². The van der Waals surface area contributed by atoms with Crippen LogP contribution in [0.15, 0.2) is 18.6 Å². The van der Waals surface area contributed by atoms with E-state index < -0.39 is 0 Å². The maximum absolute atomic E-state index is 4.52. The summed E-state index contributed by atoms with van der Waals surface area (Å²) in [6.45, 7) is 11.2. The molecule has 0 aromatic carbocycles. The first-order valence-electron chi connectivity index (χ1n) is 6.87. The minimum absolute atomic E-state index is 0. The van der Waals surface area contributed by atoms with Crippen LogP contribution in [0, 0.1) is 12.8 Å². The van der Waals surface area contributed by atoms with Crippen molar-refractivity contribution in [3.05, 3.63) is 29.8 Å². The lowest BCUT2D eigenvalue weighted by Crippen LogP contribution is -2.04. The predicted molar refractivity (Wildman–Crippen MR) is 84.3 cm³/mol. The van der Waals surface area contributed by atoms with E-state index in [1.807, 2.05) is 22.5 Å². The van der Waals surface area contributed by atoms with Crippen LogP contribution in [0.2, 0.25) is 0 Å². The molecule has 0 aliphatic carbocycles. The third-order valence-corrected chi connectivity index (χ3v) is 2.99. The maximum atomic E-state index is 4.52. The number of nitrogens with zero attached hydrogens (tertiary/aromatic N) is 4. The molecule has 2 rings (SSSR count). The molecule has 0 bridgehead atoms. The van der Waals surface area contributed by atoms with E-state index in [4.69, 9.17) is 0 Å². The monoisotopic (exact) mass is 297 g/mol. The molecule has 112 valence electrons. The van der Waals surface area contributed by atoms with Crippen molar-refractivity contribution >= 4 is 18.1 Å². The molecule has 0 aliphatic heterocycles. The molecule has 2 heterocycles. The Kier molecular flexibility index (Phi) is 6.07. The van der Waals surface area contributed by atoms with Gasteiger partial charge in [0.15, 0.2) is 0 Å². The zero-order valence-corrected chi connectivity index (χ0v) is 13.4. The van der Waals surface area contributed by atoms with Crippen LogP contribution in [0.3, 0.4) is 0 Å². The SMILES string of the molecule is CCn1cc(CNc2cn(CC(C)C)nc2C)cn1.Cl. The fraction of sp³-hybridized carbons (Fsp3) is 0.571. The van der Waals surface area contributed by atoms with Gasteiger partial charge in [0.2, 0.25) is 0 Å². The lowest BCUT2D eigenvalue weighted by atomic mass is 10.2. The summed E-state index contributed by atoms with van der Waals surface area (Å²) in [6.07, 6.45) is 6.06. The Morgan fingerprint density at radius 2 is 2.00 bits per heavy atom. The molecular formula is C14H24ClN5. The number of rotatable bonds is 6. The van der Waals surface area contributed by atoms with Crippen LogP contribution in [0.1, 0.15) is 32.0 Å². The van der Waals surface area contributed by atoms with Gasteiger partial charge in [-0.1, -0.05) is 13.8 Å². The van der Waals surface area contributed by atoms with Gasteiger partial charge in [-0.2, -0.15) is 10.2 Å². The fourth-order valence-electron chi connectivity index (χ4n) is 2.03. The molecule has 1 N–H and O–H groups in total. The molecule has 0 saturated carbocycles. The molecular weight excluding hydrogens is 274 g/mol. The van der Waals surface area contributed by atoms with Crippen molar-refractivity contribution in [2.24, 2.45) is 5.92 Å². The molecule has 5 nitrogen and oxygen atoms in total. The number of hydrogen-bond acceptors (Lipinski definition) is 3. The average Bonchev–Trinajstić information content (AvgIpc) is 2.93. The van der Waals surface area contributed by atoms with Crippen molar-refractivity contribution in [2.45, 2.75) is 47.3 Å². The summed E-state index contributed by atoms with van der Waals surface area (Å²) >= 11 is 0. The Labute approximate surface area is 126 Å². The minimum atomic E-state index is 0. The van der Waals surface area contributed by atoms with Gasteiger partial charge in [-0.25, -0.2) is 0 Å². The molecule has 20 heavy (non-hydrogen) atoms. The molecule has 2 aromatic heterocycles. The maximum Gasteiger partial charge on any atom is 0.0825 e. The van der Waals surface area contributed by atoms with Gasteiger partial charge in [0.1, 0.15) is 0 Å². The summed E-state index contributed by atoms with van der Waals surface area (Å²) in [4.78, 5) is 0. The highest BCUT2D eigenvalue weighted by atomic mass is 35.5. The van der Waals surface area contributed by atoms with Crippen LogP contribution in [0.5, 0.6) is 0 Å². The summed E-state index contributed by atoms with van der Waals surface area (Å²) < 4.78 is 3.95. The molecule has 0 radical (unpaired) electrons. The predicted octanol–water partition coefficient (Wildman–Crippen LogP) is 3.10. The number of aryl methyl sites for hydroxylation is 2. The van der Waals surface area contributed by atoms with E-state index in [1.54, 1.807) is 0 Å². The number of halogens is 1. The first-order chi connectivity index (χ1) is 9.08. The van der Waals surface area contributed by atoms with Gasteiger partial charge < -0.3 is 5.32 Å². The Hall–Kier alpha value is -1.49. The molecule has 0 aliphatic rings. The van der Waals surface area contributed by atoms with Crippen LogP contribution in [-0.2, 0) is 19.6 Å². The van der Waals surface area contributed by atoms with Gasteiger partial charge in [0.25, 0.3) is 0 Å². The van der Waals surface area contributed by atoms with Gasteiger partial charge in [-0.3, -0.25) is 9.36 Å². The van der Waals surface area contributed by atoms with Crippen LogP contribution >= 0.6 is 12.4 Å². The van der Waals surface area contributed by atoms with Gasteiger partial charge >= 0.3 is 0 Å². The number of nitrogens with one attached hydrogen (secondary N) is 1. The quantitative estimate of drug-likeness (QED) is 0.891. The highest BCUT2D eigenvalue weighted by Crippen LogP contribution is 2.14. The zero-order valence-electron chi connectivity index (χ0n) is 12.6. The smallest absolute Gasteiger partial charge is 0.0825 e. The van der Waals surface area contributed by atoms with Crippen LogP contribution < -0.4 is 5.32 Å². The largest absolute Gasteiger partial charge is 0.378 e. The third kappa shape index (κ3) is 4.27. The van der Waals surface area contributed by atoms with E-state index >= 15 is 0 Å². The van der Waals surface area contributed by atoms with E-state index in [2.05, 4.69) is 48.7 Å². The topological polar surface area (TPSA) is 47.7 Å². The lowest BCUT2D eigenvalue weighted by molar-refractivity contribution is 0.481. The highest BCUT2D eigenvalue weighted by molar-refractivity contribution is 5.85. The van der Waals surface area contributed by atoms with E-state index in [9.17, 15) is 0 Å². The van der Waals surface area contributed by atoms with Crippen molar-refractivity contribution in [3.63, 3.8) is 0 Å². The number of aromatic nitrogens is 4. The standard InChI is InChI=1S/C14H23N5.ClH/c1-5-18-9-13(7-16-18)6-15-14-10-19(8-11(2)3)17-12(14)4;/h7,9-11,15H,5-6,8H2,1-4H3;1H. The summed E-state index contributed by atoms with van der Waals surface area (Å²) in [5, 5.41) is 12.2. The van der Waals surface area contributed by atoms with Crippen molar-refractivity contribution in [1.82, 2.24) is 19.6 Å². The van der Waals surface area contributed by atoms with E-state index in [0.29, 0.717) is 5.92 Å². The molecule has 0 atom stereocenters. The second-order valence-corrected chi connectivity index (χ2v) is 5.30. The minimum Gasteiger partial charge on any atom is -0.378 e. The summed E-state index contributed by atoms with van der Waals surface area (Å²) in [7, 11) is 0. The van der Waals surface area contributed by atoms with Crippen LogP contribution in [0.4, 0.5) is 5.69 Å². The first kappa shape index (κ1) is 16.6. The molecule has 0 saturated heterocycles. The lowest BCUT2D eigenvalue weighted by Gasteiger charge is -2.04. The molecule has 0 unspecified atom stereocenters. The normalized spacial score (nSPS) is 10.7. The summed E-state index contributed by atoms with van der Waals surface area (Å²) in [5.74, 6) is 0.606. The Morgan fingerprint density at radius 1 is 1.25 bits per heavy atom. The van der Waals surface area contributed by atoms with E-state index in [0.717, 1.165) is 31.0 Å². The number of anilines is 1. The van der Waals surface area contributed by atoms with Gasteiger partial charge in [0.05, 0.1) is 17.6 Å². The first-order valence-corrected chi connectivity index (χ1v) is 6.87. The van der Waals surface area contributed by atoms with Crippen LogP contribution in [0.25, 0.3) is 0 Å². The summed E-state index contributed by atoms with van der Waals surface area (Å²) in [5.41, 5.74) is 3.34. The third-order valence-electron chi connectivity index (χ3n) is 2.99. The molecule has 2 aromatic rings. The highest BCUT2D eigenvalue weighted by Gasteiger charge is 2.06.